The molecule has 16 N–H and O–H groups in total. The highest BCUT2D eigenvalue weighted by Gasteiger charge is 2.40. The van der Waals surface area contributed by atoms with E-state index in [4.69, 9.17) is 17.2 Å². The number of hydrogen-bond donors (Lipinski definition) is 13. The predicted octanol–water partition coefficient (Wildman–Crippen LogP) is -1.66. The number of amides is 8. The number of aliphatic carboxylic acids is 1. The number of aliphatic imine (C=N–C) groups is 1. The van der Waals surface area contributed by atoms with Crippen LogP contribution >= 0.6 is 0 Å². The number of para-hydroxylation sites is 1. The fourth-order valence-corrected chi connectivity index (χ4v) is 8.22. The highest BCUT2D eigenvalue weighted by molar-refractivity contribution is 5.98. The molecule has 1 saturated heterocycles. The highest BCUT2D eigenvalue weighted by atomic mass is 16.4. The first kappa shape index (κ1) is 59.5. The SMILES string of the molecule is CC(C)C[C@H](NC(=O)[C@@H](NC(=O)[C@@H](N)CC(C)C)[C@@H](C)O)C(=O)N[C@@H](C)C(=O)NCC(=O)N[C@@H](CCCN=C(N)N)C(=O)N[C@@H](Cc1c[nH]c2ccccc12)C(=O)N1CCC[C@H]1C(=O)N[C@H](C(=O)O)C(C)C. The van der Waals surface area contributed by atoms with Crippen LogP contribution in [0.25, 0.3) is 10.9 Å². The average Bonchev–Trinajstić information content (AvgIpc) is 3.96. The molecule has 0 radical (unpaired) electrons. The minimum atomic E-state index is -1.44. The van der Waals surface area contributed by atoms with Gasteiger partial charge in [0.15, 0.2) is 5.96 Å². The predicted molar refractivity (Wildman–Crippen MR) is 268 cm³/mol. The Morgan fingerprint density at radius 1 is 0.764 bits per heavy atom. The summed E-state index contributed by atoms with van der Waals surface area (Å²) >= 11 is 0. The van der Waals surface area contributed by atoms with E-state index in [2.05, 4.69) is 47.2 Å². The zero-order valence-electron chi connectivity index (χ0n) is 42.6. The molecule has 24 nitrogen and oxygen atoms in total. The molecule has 2 aromatic rings. The smallest absolute Gasteiger partial charge is 0.326 e. The van der Waals surface area contributed by atoms with E-state index < -0.39 is 120 Å². The molecule has 0 spiro atoms. The molecule has 24 heteroatoms. The number of rotatable bonds is 28. The van der Waals surface area contributed by atoms with Crippen LogP contribution < -0.4 is 54.4 Å². The Hall–Kier alpha value is -6.82. The van der Waals surface area contributed by atoms with Gasteiger partial charge < -0.3 is 74.5 Å². The summed E-state index contributed by atoms with van der Waals surface area (Å²) in [5.41, 5.74) is 18.4. The van der Waals surface area contributed by atoms with Crippen molar-refractivity contribution >= 4 is 70.1 Å². The summed E-state index contributed by atoms with van der Waals surface area (Å²) in [4.78, 5) is 129. The van der Waals surface area contributed by atoms with Gasteiger partial charge in [0.1, 0.15) is 42.3 Å². The molecule has 1 aromatic carbocycles. The van der Waals surface area contributed by atoms with Gasteiger partial charge in [-0.1, -0.05) is 59.7 Å². The van der Waals surface area contributed by atoms with Crippen LogP contribution in [0.2, 0.25) is 0 Å². The number of aliphatic hydroxyl groups excluding tert-OH is 1. The second-order valence-electron chi connectivity index (χ2n) is 19.6. The third kappa shape index (κ3) is 18.4. The second kappa shape index (κ2) is 28.3. The number of aromatic nitrogens is 1. The van der Waals surface area contributed by atoms with Gasteiger partial charge >= 0.3 is 5.97 Å². The summed E-state index contributed by atoms with van der Waals surface area (Å²) in [6, 6.07) is -2.32. The Balaban J connectivity index is 1.78. The maximum Gasteiger partial charge on any atom is 0.326 e. The minimum Gasteiger partial charge on any atom is -0.480 e. The Bertz CT molecular complexity index is 2240. The summed E-state index contributed by atoms with van der Waals surface area (Å²) < 4.78 is 0. The highest BCUT2D eigenvalue weighted by Crippen LogP contribution is 2.24. The molecule has 1 fully saturated rings. The second-order valence-corrected chi connectivity index (χ2v) is 19.6. The zero-order chi connectivity index (χ0) is 54.0. The van der Waals surface area contributed by atoms with Gasteiger partial charge in [0.25, 0.3) is 0 Å². The summed E-state index contributed by atoms with van der Waals surface area (Å²) in [7, 11) is 0. The average molecular weight is 1010 g/mol. The van der Waals surface area contributed by atoms with Crippen LogP contribution in [0.1, 0.15) is 99.5 Å². The number of hydrogen-bond acceptors (Lipinski definition) is 12. The lowest BCUT2D eigenvalue weighted by atomic mass is 10.0. The van der Waals surface area contributed by atoms with Gasteiger partial charge in [0, 0.05) is 36.6 Å². The van der Waals surface area contributed by atoms with E-state index in [-0.39, 0.29) is 63.0 Å². The molecule has 3 rings (SSSR count). The van der Waals surface area contributed by atoms with Crippen LogP contribution in [0.15, 0.2) is 35.5 Å². The first-order chi connectivity index (χ1) is 33.8. The fourth-order valence-electron chi connectivity index (χ4n) is 8.22. The molecule has 0 aliphatic carbocycles. The minimum absolute atomic E-state index is 0.0312. The Morgan fingerprint density at radius 3 is 2.01 bits per heavy atom. The number of benzene rings is 1. The molecule has 1 aromatic heterocycles. The number of carboxylic acid groups (broad SMARTS) is 1. The van der Waals surface area contributed by atoms with Crippen LogP contribution in [-0.4, -0.2) is 153 Å². The molecular weight excluding hydrogens is 935 g/mol. The summed E-state index contributed by atoms with van der Waals surface area (Å²) in [6.07, 6.45) is 1.59. The summed E-state index contributed by atoms with van der Waals surface area (Å²) in [6.45, 7) is 12.9. The first-order valence-electron chi connectivity index (χ1n) is 24.5. The van der Waals surface area contributed by atoms with E-state index in [0.717, 1.165) is 10.9 Å². The third-order valence-electron chi connectivity index (χ3n) is 12.0. The van der Waals surface area contributed by atoms with Crippen LogP contribution in [0.4, 0.5) is 0 Å². The van der Waals surface area contributed by atoms with Gasteiger partial charge in [-0.2, -0.15) is 0 Å². The number of H-pyrrole nitrogens is 1. The number of likely N-dealkylation sites (tertiary alicyclic amines) is 1. The molecule has 1 aliphatic rings. The molecular formula is C48H77N13O11. The number of carboxylic acids is 1. The zero-order valence-corrected chi connectivity index (χ0v) is 42.6. The number of aromatic amines is 1. The van der Waals surface area contributed by atoms with Gasteiger partial charge in [-0.3, -0.25) is 43.3 Å². The lowest BCUT2D eigenvalue weighted by Gasteiger charge is -2.31. The molecule has 0 saturated carbocycles. The van der Waals surface area contributed by atoms with Crippen LogP contribution in [0, 0.1) is 17.8 Å². The summed E-state index contributed by atoms with van der Waals surface area (Å²) in [5, 5.41) is 38.8. The molecule has 400 valence electrons. The normalized spacial score (nSPS) is 16.8. The van der Waals surface area contributed by atoms with E-state index in [9.17, 15) is 53.4 Å². The topological polar surface area (TPSA) is 388 Å². The first-order valence-corrected chi connectivity index (χ1v) is 24.5. The van der Waals surface area contributed by atoms with Crippen molar-refractivity contribution in [3.05, 3.63) is 36.0 Å². The molecule has 1 aliphatic heterocycles. The third-order valence-corrected chi connectivity index (χ3v) is 12.0. The number of carbonyl (C=O) groups excluding carboxylic acids is 8. The van der Waals surface area contributed by atoms with Crippen molar-refractivity contribution in [2.75, 3.05) is 19.6 Å². The number of nitrogens with one attached hydrogen (secondary N) is 8. The van der Waals surface area contributed by atoms with E-state index in [1.54, 1.807) is 33.9 Å². The van der Waals surface area contributed by atoms with Crippen molar-refractivity contribution in [3.8, 4) is 0 Å². The van der Waals surface area contributed by atoms with E-state index in [1.165, 1.54) is 18.7 Å². The lowest BCUT2D eigenvalue weighted by Crippen LogP contribution is -2.60. The molecule has 0 bridgehead atoms. The van der Waals surface area contributed by atoms with Crippen LogP contribution in [0.3, 0.4) is 0 Å². The number of guanidine groups is 1. The Morgan fingerprint density at radius 2 is 1.40 bits per heavy atom. The monoisotopic (exact) mass is 1010 g/mol. The molecule has 2 heterocycles. The quantitative estimate of drug-likeness (QED) is 0.0258. The molecule has 8 amide bonds. The van der Waals surface area contributed by atoms with E-state index >= 15 is 0 Å². The fraction of sp³-hybridized carbons (Fsp3) is 0.625. The van der Waals surface area contributed by atoms with Gasteiger partial charge in [0.2, 0.25) is 47.3 Å². The largest absolute Gasteiger partial charge is 0.480 e. The molecule has 72 heavy (non-hydrogen) atoms. The van der Waals surface area contributed by atoms with Crippen molar-refractivity contribution in [2.45, 2.75) is 155 Å². The van der Waals surface area contributed by atoms with Crippen molar-refractivity contribution in [1.82, 2.24) is 47.1 Å². The van der Waals surface area contributed by atoms with Crippen molar-refractivity contribution in [3.63, 3.8) is 0 Å². The number of aliphatic hydroxyl groups is 1. The Labute approximate surface area is 419 Å². The number of nitrogens with zero attached hydrogens (tertiary/aromatic N) is 2. The molecule has 9 atom stereocenters. The molecule has 0 unspecified atom stereocenters. The van der Waals surface area contributed by atoms with Crippen molar-refractivity contribution < 1.29 is 53.4 Å². The van der Waals surface area contributed by atoms with Gasteiger partial charge in [-0.15, -0.1) is 0 Å². The Kier molecular flexibility index (Phi) is 23.4. The summed E-state index contributed by atoms with van der Waals surface area (Å²) in [5.74, 6) is -7.84. The number of carbonyl (C=O) groups is 9. The van der Waals surface area contributed by atoms with Gasteiger partial charge in [-0.25, -0.2) is 4.79 Å². The van der Waals surface area contributed by atoms with Crippen LogP contribution in [-0.2, 0) is 49.6 Å². The van der Waals surface area contributed by atoms with Crippen molar-refractivity contribution in [2.24, 2.45) is 39.9 Å². The van der Waals surface area contributed by atoms with Gasteiger partial charge in [0.05, 0.1) is 18.7 Å². The van der Waals surface area contributed by atoms with E-state index in [0.29, 0.717) is 18.4 Å². The van der Waals surface area contributed by atoms with E-state index in [1.807, 2.05) is 38.1 Å². The van der Waals surface area contributed by atoms with Crippen LogP contribution in [0.5, 0.6) is 0 Å². The maximum absolute atomic E-state index is 14.5. The van der Waals surface area contributed by atoms with Crippen molar-refractivity contribution in [1.29, 1.82) is 0 Å². The lowest BCUT2D eigenvalue weighted by molar-refractivity contribution is -0.145. The number of fused-ring (bicyclic) bond motifs is 1. The van der Waals surface area contributed by atoms with Gasteiger partial charge in [-0.05, 0) is 81.8 Å². The maximum atomic E-state index is 14.5. The number of nitrogens with two attached hydrogens (primary N) is 3. The standard InChI is InChI=1S/C48H77N13O11/c1-24(2)19-31(49)41(65)60-39(28(8)62)45(69)57-34(20-25(3)4)43(67)55-27(7)40(64)54-23-37(63)56-33(15-11-17-52-48(50)51)42(66)58-35(21-29-22-53-32-14-10-9-13-30(29)32)46(70)61-18-12-16-36(61)44(68)59-38(26(5)6)47(71)72/h9-10,13-14,22,24-28,31,33-36,38-39,53,62H,11-12,15-21,23,49H2,1-8H3,(H,54,64)(H,55,67)(H,56,63)(H,57,69)(H,58,66)(H,59,68)(H,60,65)(H,71,72)(H4,50,51,52)/t27-,28+,31-,33-,34-,35-,36-,38-,39-/m0/s1.